The Morgan fingerprint density at radius 1 is 1.27 bits per heavy atom. The Labute approximate surface area is 200 Å². The quantitative estimate of drug-likeness (QED) is 0.373. The third kappa shape index (κ3) is 5.15. The summed E-state index contributed by atoms with van der Waals surface area (Å²) in [5.41, 5.74) is 1.93. The number of nitrogens with zero attached hydrogens (tertiary/aromatic N) is 2. The second-order valence-electron chi connectivity index (χ2n) is 8.28. The molecule has 1 amide bonds. The molecule has 2 aromatic heterocycles. The van der Waals surface area contributed by atoms with Crippen molar-refractivity contribution in [2.45, 2.75) is 62.5 Å². The van der Waals surface area contributed by atoms with Gasteiger partial charge in [0.2, 0.25) is 5.91 Å². The zero-order valence-corrected chi connectivity index (χ0v) is 20.7. The molecular weight excluding hydrogens is 461 g/mol. The fraction of sp³-hybridized carbons (Fsp3) is 0.458. The number of carbonyl (C=O) groups excluding carboxylic acids is 1. The van der Waals surface area contributed by atoms with Gasteiger partial charge >= 0.3 is 0 Å². The fourth-order valence-electron chi connectivity index (χ4n) is 4.07. The summed E-state index contributed by atoms with van der Waals surface area (Å²) in [4.78, 5) is 33.2. The van der Waals surface area contributed by atoms with Crippen LogP contribution in [0, 0.1) is 5.82 Å². The van der Waals surface area contributed by atoms with Crippen molar-refractivity contribution in [3.8, 4) is 0 Å². The van der Waals surface area contributed by atoms with Crippen LogP contribution in [0.4, 0.5) is 4.39 Å². The van der Waals surface area contributed by atoms with Crippen molar-refractivity contribution in [1.29, 1.82) is 0 Å². The number of ether oxygens (including phenoxy) is 1. The Balaban J connectivity index is 1.59. The van der Waals surface area contributed by atoms with Crippen molar-refractivity contribution in [2.75, 3.05) is 13.7 Å². The molecule has 4 rings (SSSR count). The van der Waals surface area contributed by atoms with E-state index in [0.717, 1.165) is 47.0 Å². The molecule has 1 aromatic carbocycles. The summed E-state index contributed by atoms with van der Waals surface area (Å²) in [5, 5.41) is 3.76. The van der Waals surface area contributed by atoms with Crippen LogP contribution in [0.5, 0.6) is 0 Å². The minimum absolute atomic E-state index is 0.0498. The highest BCUT2D eigenvalue weighted by atomic mass is 32.2. The van der Waals surface area contributed by atoms with Crippen molar-refractivity contribution in [3.63, 3.8) is 0 Å². The molecule has 33 heavy (non-hydrogen) atoms. The maximum atomic E-state index is 13.5. The Morgan fingerprint density at radius 2 is 2.00 bits per heavy atom. The van der Waals surface area contributed by atoms with Gasteiger partial charge in [0.1, 0.15) is 10.6 Å². The third-order valence-corrected chi connectivity index (χ3v) is 8.21. The molecule has 0 fully saturated rings. The van der Waals surface area contributed by atoms with E-state index >= 15 is 0 Å². The van der Waals surface area contributed by atoms with Crippen LogP contribution in [0.2, 0.25) is 0 Å². The second kappa shape index (κ2) is 10.4. The normalized spacial score (nSPS) is 15.3. The van der Waals surface area contributed by atoms with Gasteiger partial charge in [-0.1, -0.05) is 23.9 Å². The molecule has 1 N–H and O–H groups in total. The number of nitrogens with one attached hydrogen (secondary N) is 1. The third-order valence-electron chi connectivity index (χ3n) is 5.94. The van der Waals surface area contributed by atoms with Crippen LogP contribution in [0.1, 0.15) is 48.7 Å². The first-order valence-corrected chi connectivity index (χ1v) is 12.8. The number of carbonyl (C=O) groups is 1. The average molecular weight is 490 g/mol. The predicted octanol–water partition coefficient (Wildman–Crippen LogP) is 4.48. The molecule has 3 aromatic rings. The molecule has 0 radical (unpaired) electrons. The molecule has 0 saturated heterocycles. The highest BCUT2D eigenvalue weighted by molar-refractivity contribution is 8.00. The molecule has 6 nitrogen and oxygen atoms in total. The minimum atomic E-state index is -0.472. The number of fused-ring (bicyclic) bond motifs is 3. The highest BCUT2D eigenvalue weighted by Gasteiger charge is 2.25. The Hall–Kier alpha value is -2.23. The van der Waals surface area contributed by atoms with Crippen LogP contribution < -0.4 is 10.9 Å². The number of rotatable bonds is 8. The minimum Gasteiger partial charge on any atom is -0.383 e. The summed E-state index contributed by atoms with van der Waals surface area (Å²) in [6, 6.07) is 5.81. The summed E-state index contributed by atoms with van der Waals surface area (Å²) in [6.07, 6.45) is 4.15. The number of thioether (sulfide) groups is 1. The number of hydrogen-bond donors (Lipinski definition) is 1. The second-order valence-corrected chi connectivity index (χ2v) is 10.7. The molecule has 0 aliphatic heterocycles. The molecule has 2 heterocycles. The SMILES string of the molecule is COCCn1c(SC(C)C(=O)NC(C)c2ccc(F)cc2)nc2sc3c(c2c1=O)CCCC3. The maximum Gasteiger partial charge on any atom is 0.263 e. The average Bonchev–Trinajstić information content (AvgIpc) is 3.17. The molecule has 0 saturated carbocycles. The largest absolute Gasteiger partial charge is 0.383 e. The van der Waals surface area contributed by atoms with Crippen LogP contribution in [0.3, 0.4) is 0 Å². The van der Waals surface area contributed by atoms with Crippen molar-refractivity contribution < 1.29 is 13.9 Å². The zero-order chi connectivity index (χ0) is 23.5. The van der Waals surface area contributed by atoms with Crippen LogP contribution >= 0.6 is 23.1 Å². The Bertz CT molecular complexity index is 1210. The molecule has 176 valence electrons. The van der Waals surface area contributed by atoms with Crippen molar-refractivity contribution in [1.82, 2.24) is 14.9 Å². The first kappa shape index (κ1) is 23.9. The molecular formula is C24H28FN3O3S2. The van der Waals surface area contributed by atoms with Gasteiger partial charge < -0.3 is 10.1 Å². The van der Waals surface area contributed by atoms with Gasteiger partial charge in [0, 0.05) is 12.0 Å². The lowest BCUT2D eigenvalue weighted by Crippen LogP contribution is -2.34. The first-order valence-electron chi connectivity index (χ1n) is 11.2. The number of amides is 1. The van der Waals surface area contributed by atoms with Gasteiger partial charge in [-0.05, 0) is 62.8 Å². The lowest BCUT2D eigenvalue weighted by atomic mass is 9.97. The summed E-state index contributed by atoms with van der Waals surface area (Å²) >= 11 is 2.88. The van der Waals surface area contributed by atoms with Crippen LogP contribution in [-0.4, -0.2) is 34.4 Å². The number of aryl methyl sites for hydroxylation is 2. The standard InChI is InChI=1S/C24H28FN3O3S2/c1-14(16-8-10-17(25)11-9-16)26-21(29)15(2)32-24-27-22-20(23(30)28(24)12-13-31-3)18-6-4-5-7-19(18)33-22/h8-11,14-15H,4-7,12-13H2,1-3H3,(H,26,29). The maximum absolute atomic E-state index is 13.5. The summed E-state index contributed by atoms with van der Waals surface area (Å²) in [7, 11) is 1.60. The Morgan fingerprint density at radius 3 is 2.73 bits per heavy atom. The van der Waals surface area contributed by atoms with Crippen LogP contribution in [0.15, 0.2) is 34.2 Å². The topological polar surface area (TPSA) is 73.2 Å². The fourth-order valence-corrected chi connectivity index (χ4v) is 6.31. The van der Waals surface area contributed by atoms with E-state index in [1.807, 2.05) is 6.92 Å². The number of methoxy groups -OCH3 is 1. The number of aromatic nitrogens is 2. The van der Waals surface area contributed by atoms with E-state index in [1.165, 1.54) is 28.8 Å². The molecule has 9 heteroatoms. The number of thiophene rings is 1. The van der Waals surface area contributed by atoms with E-state index in [-0.39, 0.29) is 23.3 Å². The number of benzene rings is 1. The van der Waals surface area contributed by atoms with Gasteiger partial charge in [-0.15, -0.1) is 11.3 Å². The van der Waals surface area contributed by atoms with E-state index in [2.05, 4.69) is 5.32 Å². The van der Waals surface area contributed by atoms with Crippen LogP contribution in [-0.2, 0) is 28.9 Å². The van der Waals surface area contributed by atoms with Crippen molar-refractivity contribution in [2.24, 2.45) is 0 Å². The lowest BCUT2D eigenvalue weighted by molar-refractivity contribution is -0.120. The van der Waals surface area contributed by atoms with Crippen molar-refractivity contribution >= 4 is 39.2 Å². The highest BCUT2D eigenvalue weighted by Crippen LogP contribution is 2.35. The smallest absolute Gasteiger partial charge is 0.263 e. The van der Waals surface area contributed by atoms with Gasteiger partial charge in [0.15, 0.2) is 5.16 Å². The number of hydrogen-bond acceptors (Lipinski definition) is 6. The van der Waals surface area contributed by atoms with E-state index < -0.39 is 5.25 Å². The van der Waals surface area contributed by atoms with Crippen molar-refractivity contribution in [3.05, 3.63) is 56.4 Å². The molecule has 0 bridgehead atoms. The summed E-state index contributed by atoms with van der Waals surface area (Å²) in [6.45, 7) is 4.42. The zero-order valence-electron chi connectivity index (χ0n) is 19.0. The first-order chi connectivity index (χ1) is 15.9. The van der Waals surface area contributed by atoms with Gasteiger partial charge in [-0.3, -0.25) is 14.2 Å². The predicted molar refractivity (Wildman–Crippen MR) is 131 cm³/mol. The lowest BCUT2D eigenvalue weighted by Gasteiger charge is -2.19. The molecule has 1 aliphatic rings. The van der Waals surface area contributed by atoms with Crippen LogP contribution in [0.25, 0.3) is 10.2 Å². The van der Waals surface area contributed by atoms with Gasteiger partial charge in [0.25, 0.3) is 5.56 Å². The summed E-state index contributed by atoms with van der Waals surface area (Å²) < 4.78 is 20.1. The monoisotopic (exact) mass is 489 g/mol. The van der Waals surface area contributed by atoms with E-state index in [1.54, 1.807) is 42.1 Å². The summed E-state index contributed by atoms with van der Waals surface area (Å²) in [5.74, 6) is -0.484. The Kier molecular flexibility index (Phi) is 7.51. The number of halogens is 1. The molecule has 2 atom stereocenters. The molecule has 2 unspecified atom stereocenters. The van der Waals surface area contributed by atoms with E-state index in [0.29, 0.717) is 18.3 Å². The van der Waals surface area contributed by atoms with Gasteiger partial charge in [0.05, 0.1) is 29.8 Å². The molecule has 0 spiro atoms. The van der Waals surface area contributed by atoms with Gasteiger partial charge in [-0.2, -0.15) is 0 Å². The van der Waals surface area contributed by atoms with E-state index in [4.69, 9.17) is 9.72 Å². The van der Waals surface area contributed by atoms with Gasteiger partial charge in [-0.25, -0.2) is 9.37 Å². The van der Waals surface area contributed by atoms with E-state index in [9.17, 15) is 14.0 Å². The molecule has 1 aliphatic carbocycles.